The molecule has 4 aromatic rings. The number of amides is 1. The number of hydrogen-bond acceptors (Lipinski definition) is 6. The monoisotopic (exact) mass is 420 g/mol. The molecule has 0 bridgehead atoms. The largest absolute Gasteiger partial charge is 0.423 e. The van der Waals surface area contributed by atoms with Crippen molar-refractivity contribution in [2.24, 2.45) is 0 Å². The number of aromatic nitrogens is 3. The molecule has 2 aromatic heterocycles. The van der Waals surface area contributed by atoms with Gasteiger partial charge >= 0.3 is 5.63 Å². The SMILES string of the molecule is CC(=O)Nc1ccc2c(CSc3nncn3-c3ccc(C)cc3C)cc(=O)oc2c1. The summed E-state index contributed by atoms with van der Waals surface area (Å²) in [4.78, 5) is 23.4. The van der Waals surface area contributed by atoms with Crippen LogP contribution in [-0.4, -0.2) is 20.7 Å². The van der Waals surface area contributed by atoms with Gasteiger partial charge in [-0.2, -0.15) is 0 Å². The summed E-state index contributed by atoms with van der Waals surface area (Å²) in [6, 6.07) is 13.0. The molecule has 30 heavy (non-hydrogen) atoms. The standard InChI is InChI=1S/C22H20N4O3S/c1-13-4-7-19(14(2)8-13)26-12-23-25-22(26)30-11-16-9-21(28)29-20-10-17(24-15(3)27)5-6-18(16)20/h4-10,12H,11H2,1-3H3,(H,24,27). The zero-order valence-electron chi connectivity index (χ0n) is 16.8. The van der Waals surface area contributed by atoms with E-state index in [4.69, 9.17) is 4.42 Å². The van der Waals surface area contributed by atoms with Crippen molar-refractivity contribution in [1.29, 1.82) is 0 Å². The van der Waals surface area contributed by atoms with Crippen molar-refractivity contribution in [2.45, 2.75) is 31.7 Å². The average Bonchev–Trinajstić information content (AvgIpc) is 3.13. The van der Waals surface area contributed by atoms with Gasteiger partial charge in [0, 0.05) is 35.9 Å². The maximum Gasteiger partial charge on any atom is 0.336 e. The normalized spacial score (nSPS) is 11.0. The van der Waals surface area contributed by atoms with Gasteiger partial charge in [-0.15, -0.1) is 10.2 Å². The Bertz CT molecular complexity index is 1310. The summed E-state index contributed by atoms with van der Waals surface area (Å²) in [7, 11) is 0. The molecule has 152 valence electrons. The summed E-state index contributed by atoms with van der Waals surface area (Å²) >= 11 is 1.49. The minimum Gasteiger partial charge on any atom is -0.423 e. The number of rotatable bonds is 5. The minimum absolute atomic E-state index is 0.186. The Morgan fingerprint density at radius 2 is 2.00 bits per heavy atom. The third-order valence-corrected chi connectivity index (χ3v) is 5.63. The van der Waals surface area contributed by atoms with Crippen molar-refractivity contribution in [3.05, 3.63) is 75.9 Å². The highest BCUT2D eigenvalue weighted by Gasteiger charge is 2.13. The van der Waals surface area contributed by atoms with Crippen molar-refractivity contribution in [2.75, 3.05) is 5.32 Å². The Morgan fingerprint density at radius 3 is 2.77 bits per heavy atom. The van der Waals surface area contributed by atoms with E-state index in [1.54, 1.807) is 18.5 Å². The number of nitrogens with one attached hydrogen (secondary N) is 1. The third kappa shape index (κ3) is 4.13. The fourth-order valence-corrected chi connectivity index (χ4v) is 4.25. The molecule has 4 rings (SSSR count). The van der Waals surface area contributed by atoms with Crippen LogP contribution in [0.15, 0.2) is 63.2 Å². The molecule has 0 saturated heterocycles. The molecule has 0 aliphatic carbocycles. The lowest BCUT2D eigenvalue weighted by atomic mass is 10.1. The molecule has 1 amide bonds. The van der Waals surface area contributed by atoms with Crippen LogP contribution in [0.25, 0.3) is 16.7 Å². The van der Waals surface area contributed by atoms with Crippen molar-refractivity contribution >= 4 is 34.3 Å². The van der Waals surface area contributed by atoms with Gasteiger partial charge < -0.3 is 9.73 Å². The van der Waals surface area contributed by atoms with Gasteiger partial charge in [-0.3, -0.25) is 9.36 Å². The van der Waals surface area contributed by atoms with E-state index in [1.165, 1.54) is 30.3 Å². The maximum atomic E-state index is 12.1. The molecule has 7 nitrogen and oxygen atoms in total. The van der Waals surface area contributed by atoms with Gasteiger partial charge in [0.2, 0.25) is 5.91 Å². The Balaban J connectivity index is 1.64. The molecule has 0 aliphatic rings. The van der Waals surface area contributed by atoms with Crippen LogP contribution in [-0.2, 0) is 10.5 Å². The van der Waals surface area contributed by atoms with Crippen LogP contribution in [0.3, 0.4) is 0 Å². The zero-order valence-corrected chi connectivity index (χ0v) is 17.6. The number of benzene rings is 2. The van der Waals surface area contributed by atoms with Crippen LogP contribution in [0, 0.1) is 13.8 Å². The zero-order chi connectivity index (χ0) is 21.3. The molecule has 0 spiro atoms. The summed E-state index contributed by atoms with van der Waals surface area (Å²) in [5.74, 6) is 0.333. The summed E-state index contributed by atoms with van der Waals surface area (Å²) in [5.41, 5.74) is 4.75. The van der Waals surface area contributed by atoms with Crippen LogP contribution in [0.1, 0.15) is 23.6 Å². The average molecular weight is 420 g/mol. The predicted molar refractivity (Wildman–Crippen MR) is 117 cm³/mol. The van der Waals surface area contributed by atoms with Crippen molar-refractivity contribution in [3.63, 3.8) is 0 Å². The second-order valence-electron chi connectivity index (χ2n) is 7.04. The lowest BCUT2D eigenvalue weighted by molar-refractivity contribution is -0.114. The van der Waals surface area contributed by atoms with Crippen LogP contribution < -0.4 is 10.9 Å². The van der Waals surface area contributed by atoms with E-state index in [1.807, 2.05) is 16.7 Å². The van der Waals surface area contributed by atoms with Crippen LogP contribution in [0.5, 0.6) is 0 Å². The number of hydrogen-bond donors (Lipinski definition) is 1. The van der Waals surface area contributed by atoms with Crippen LogP contribution in [0.2, 0.25) is 0 Å². The molecule has 0 unspecified atom stereocenters. The number of nitrogens with zero attached hydrogens (tertiary/aromatic N) is 3. The number of carbonyl (C=O) groups excluding carboxylic acids is 1. The van der Waals surface area contributed by atoms with E-state index in [-0.39, 0.29) is 5.91 Å². The fraction of sp³-hybridized carbons (Fsp3) is 0.182. The van der Waals surface area contributed by atoms with Crippen LogP contribution >= 0.6 is 11.8 Å². The molecule has 1 N–H and O–H groups in total. The molecule has 0 saturated carbocycles. The highest BCUT2D eigenvalue weighted by Crippen LogP contribution is 2.29. The molecule has 2 heterocycles. The molecule has 0 atom stereocenters. The first-order chi connectivity index (χ1) is 14.4. The quantitative estimate of drug-likeness (QED) is 0.384. The summed E-state index contributed by atoms with van der Waals surface area (Å²) in [6.07, 6.45) is 1.69. The number of anilines is 1. The van der Waals surface area contributed by atoms with Gasteiger partial charge in [-0.1, -0.05) is 29.5 Å². The van der Waals surface area contributed by atoms with E-state index in [0.717, 1.165) is 27.4 Å². The maximum absolute atomic E-state index is 12.1. The number of aryl methyl sites for hydroxylation is 2. The van der Waals surface area contributed by atoms with E-state index < -0.39 is 5.63 Å². The van der Waals surface area contributed by atoms with Gasteiger partial charge in [-0.25, -0.2) is 4.79 Å². The van der Waals surface area contributed by atoms with Crippen molar-refractivity contribution < 1.29 is 9.21 Å². The summed E-state index contributed by atoms with van der Waals surface area (Å²) < 4.78 is 7.28. The lowest BCUT2D eigenvalue weighted by Gasteiger charge is -2.11. The van der Waals surface area contributed by atoms with E-state index in [2.05, 4.69) is 41.5 Å². The van der Waals surface area contributed by atoms with Crippen molar-refractivity contribution in [3.8, 4) is 5.69 Å². The molecule has 8 heteroatoms. The van der Waals surface area contributed by atoms with Gasteiger partial charge in [0.15, 0.2) is 5.16 Å². The first-order valence-corrected chi connectivity index (χ1v) is 10.3. The van der Waals surface area contributed by atoms with E-state index in [9.17, 15) is 9.59 Å². The molecular weight excluding hydrogens is 400 g/mol. The topological polar surface area (TPSA) is 90.0 Å². The predicted octanol–water partition coefficient (Wildman–Crippen LogP) is 4.24. The minimum atomic E-state index is -0.436. The summed E-state index contributed by atoms with van der Waals surface area (Å²) in [6.45, 7) is 5.54. The molecule has 0 fully saturated rings. The summed E-state index contributed by atoms with van der Waals surface area (Å²) in [5, 5.41) is 12.6. The van der Waals surface area contributed by atoms with Crippen LogP contribution in [0.4, 0.5) is 5.69 Å². The first kappa shape index (κ1) is 19.9. The highest BCUT2D eigenvalue weighted by molar-refractivity contribution is 7.98. The Hall–Kier alpha value is -3.39. The number of thioether (sulfide) groups is 1. The number of fused-ring (bicyclic) bond motifs is 1. The second kappa shape index (κ2) is 8.16. The Labute approximate surface area is 177 Å². The molecule has 0 aliphatic heterocycles. The Kier molecular flexibility index (Phi) is 5.41. The van der Waals surface area contributed by atoms with Gasteiger partial charge in [0.25, 0.3) is 0 Å². The fourth-order valence-electron chi connectivity index (χ4n) is 3.34. The van der Waals surface area contributed by atoms with E-state index in [0.29, 0.717) is 17.0 Å². The van der Waals surface area contributed by atoms with E-state index >= 15 is 0 Å². The lowest BCUT2D eigenvalue weighted by Crippen LogP contribution is -2.06. The second-order valence-corrected chi connectivity index (χ2v) is 7.99. The molecule has 2 aromatic carbocycles. The Morgan fingerprint density at radius 1 is 1.17 bits per heavy atom. The molecule has 0 radical (unpaired) electrons. The third-order valence-electron chi connectivity index (χ3n) is 4.64. The highest BCUT2D eigenvalue weighted by atomic mass is 32.2. The van der Waals surface area contributed by atoms with Gasteiger partial charge in [-0.05, 0) is 43.2 Å². The van der Waals surface area contributed by atoms with Gasteiger partial charge in [0.05, 0.1) is 5.69 Å². The smallest absolute Gasteiger partial charge is 0.336 e. The van der Waals surface area contributed by atoms with Crippen molar-refractivity contribution in [1.82, 2.24) is 14.8 Å². The number of carbonyl (C=O) groups is 1. The first-order valence-electron chi connectivity index (χ1n) is 9.35. The molecular formula is C22H20N4O3S. The van der Waals surface area contributed by atoms with Gasteiger partial charge in [0.1, 0.15) is 11.9 Å².